The maximum Gasteiger partial charge on any atom is 0.238 e. The van der Waals surface area contributed by atoms with Gasteiger partial charge in [-0.1, -0.05) is 71.8 Å². The number of nitrogens with zero attached hydrogens (tertiary/aromatic N) is 1. The predicted octanol–water partition coefficient (Wildman–Crippen LogP) is 6.33. The van der Waals surface area contributed by atoms with E-state index in [1.165, 1.54) is 21.6 Å². The lowest BCUT2D eigenvalue weighted by atomic mass is 9.85. The number of amides is 2. The molecule has 0 N–H and O–H groups in total. The molecule has 0 aromatic heterocycles. The van der Waals surface area contributed by atoms with Crippen LogP contribution in [0.4, 0.5) is 5.69 Å². The van der Waals surface area contributed by atoms with Crippen LogP contribution in [-0.2, 0) is 9.59 Å². The standard InChI is InChI=1S/C30H24INO2/c1-17-3-7-19(8-4-17)25(20-9-5-18(2)6-10-20)26-23-15-16-24(26)28-27(23)29(33)32(30(28)34)22-13-11-21(31)12-14-22/h3-16,23-24,27-28H,1-2H3/t23-,24-,27-,28-/m1/s1. The molecule has 2 amide bonds. The summed E-state index contributed by atoms with van der Waals surface area (Å²) in [4.78, 5) is 28.7. The van der Waals surface area contributed by atoms with Gasteiger partial charge in [0.15, 0.2) is 0 Å². The Labute approximate surface area is 213 Å². The third-order valence-corrected chi connectivity index (χ3v) is 8.19. The van der Waals surface area contributed by atoms with Crippen molar-refractivity contribution < 1.29 is 9.59 Å². The minimum atomic E-state index is -0.331. The predicted molar refractivity (Wildman–Crippen MR) is 143 cm³/mol. The maximum absolute atomic E-state index is 13.6. The molecular weight excluding hydrogens is 533 g/mol. The lowest BCUT2D eigenvalue weighted by Crippen LogP contribution is -2.33. The molecule has 2 aliphatic carbocycles. The van der Waals surface area contributed by atoms with Gasteiger partial charge in [0.2, 0.25) is 11.8 Å². The molecule has 1 heterocycles. The van der Waals surface area contributed by atoms with Gasteiger partial charge in [-0.15, -0.1) is 0 Å². The van der Waals surface area contributed by atoms with Gasteiger partial charge in [0.05, 0.1) is 17.5 Å². The highest BCUT2D eigenvalue weighted by atomic mass is 127. The normalized spacial score (nSPS) is 24.8. The van der Waals surface area contributed by atoms with Crippen molar-refractivity contribution in [3.05, 3.63) is 116 Å². The molecule has 2 bridgehead atoms. The van der Waals surface area contributed by atoms with E-state index in [9.17, 15) is 9.59 Å². The van der Waals surface area contributed by atoms with E-state index in [-0.39, 0.29) is 35.5 Å². The Morgan fingerprint density at radius 2 is 1.12 bits per heavy atom. The summed E-state index contributed by atoms with van der Waals surface area (Å²) in [5.74, 6) is -0.920. The Bertz CT molecular complexity index is 1290. The monoisotopic (exact) mass is 557 g/mol. The van der Waals surface area contributed by atoms with Crippen molar-refractivity contribution >= 4 is 45.7 Å². The molecule has 0 unspecified atom stereocenters. The Morgan fingerprint density at radius 1 is 0.676 bits per heavy atom. The fourth-order valence-electron chi connectivity index (χ4n) is 5.88. The Kier molecular flexibility index (Phi) is 5.10. The van der Waals surface area contributed by atoms with Crippen LogP contribution in [0, 0.1) is 41.1 Å². The van der Waals surface area contributed by atoms with E-state index in [1.807, 2.05) is 24.3 Å². The molecule has 3 aromatic carbocycles. The number of benzene rings is 3. The Morgan fingerprint density at radius 3 is 1.56 bits per heavy atom. The molecule has 168 valence electrons. The second kappa shape index (κ2) is 8.05. The molecule has 3 nitrogen and oxygen atoms in total. The fraction of sp³-hybridized carbons (Fsp3) is 0.200. The minimum absolute atomic E-state index is 0.0575. The molecule has 3 aromatic rings. The van der Waals surface area contributed by atoms with Gasteiger partial charge in [-0.25, -0.2) is 4.90 Å². The summed E-state index contributed by atoms with van der Waals surface area (Å²) < 4.78 is 1.08. The highest BCUT2D eigenvalue weighted by molar-refractivity contribution is 14.1. The van der Waals surface area contributed by atoms with E-state index in [4.69, 9.17) is 0 Å². The van der Waals surface area contributed by atoms with Crippen LogP contribution in [0.1, 0.15) is 22.3 Å². The van der Waals surface area contributed by atoms with E-state index < -0.39 is 0 Å². The third kappa shape index (κ3) is 3.22. The highest BCUT2D eigenvalue weighted by Gasteiger charge is 2.62. The van der Waals surface area contributed by atoms with E-state index in [1.54, 1.807) is 0 Å². The number of allylic oxidation sites excluding steroid dienone is 3. The zero-order valence-electron chi connectivity index (χ0n) is 19.0. The molecule has 2 fully saturated rings. The first-order valence-electron chi connectivity index (χ1n) is 11.6. The molecule has 1 aliphatic heterocycles. The van der Waals surface area contributed by atoms with Crippen molar-refractivity contribution in [2.75, 3.05) is 4.90 Å². The molecule has 4 heteroatoms. The van der Waals surface area contributed by atoms with Crippen molar-refractivity contribution in [3.63, 3.8) is 0 Å². The molecule has 1 saturated carbocycles. The number of halogens is 1. The molecule has 1 saturated heterocycles. The van der Waals surface area contributed by atoms with E-state index >= 15 is 0 Å². The van der Waals surface area contributed by atoms with Crippen LogP contribution in [0.5, 0.6) is 0 Å². The van der Waals surface area contributed by atoms with Crippen LogP contribution in [0.25, 0.3) is 5.57 Å². The third-order valence-electron chi connectivity index (χ3n) is 7.47. The molecule has 4 atom stereocenters. The average molecular weight is 557 g/mol. The summed E-state index contributed by atoms with van der Waals surface area (Å²) in [5.41, 5.74) is 7.74. The van der Waals surface area contributed by atoms with Gasteiger partial charge in [0, 0.05) is 15.4 Å². The quantitative estimate of drug-likeness (QED) is 0.215. The number of hydrogen-bond acceptors (Lipinski definition) is 2. The number of aryl methyl sites for hydroxylation is 2. The summed E-state index contributed by atoms with van der Waals surface area (Å²) in [6.07, 6.45) is 4.32. The number of carbonyl (C=O) groups is 2. The molecule has 3 aliphatic rings. The van der Waals surface area contributed by atoms with Gasteiger partial charge in [-0.05, 0) is 83.0 Å². The Hall–Kier alpha value is -2.99. The smallest absolute Gasteiger partial charge is 0.238 e. The largest absolute Gasteiger partial charge is 0.274 e. The van der Waals surface area contributed by atoms with Crippen LogP contribution in [-0.4, -0.2) is 11.8 Å². The van der Waals surface area contributed by atoms with Gasteiger partial charge >= 0.3 is 0 Å². The van der Waals surface area contributed by atoms with Crippen LogP contribution < -0.4 is 4.90 Å². The highest BCUT2D eigenvalue weighted by Crippen LogP contribution is 2.58. The summed E-state index contributed by atoms with van der Waals surface area (Å²) >= 11 is 2.23. The van der Waals surface area contributed by atoms with Crippen LogP contribution in [0.3, 0.4) is 0 Å². The van der Waals surface area contributed by atoms with Crippen LogP contribution in [0.15, 0.2) is 90.5 Å². The number of carbonyl (C=O) groups excluding carboxylic acids is 2. The number of anilines is 1. The van der Waals surface area contributed by atoms with Crippen LogP contribution >= 0.6 is 22.6 Å². The lowest BCUT2D eigenvalue weighted by Gasteiger charge is -2.22. The molecule has 34 heavy (non-hydrogen) atoms. The van der Waals surface area contributed by atoms with Crippen LogP contribution in [0.2, 0.25) is 0 Å². The second-order valence-corrected chi connectivity index (χ2v) is 10.8. The van der Waals surface area contributed by atoms with Crippen molar-refractivity contribution in [2.24, 2.45) is 23.7 Å². The molecule has 0 spiro atoms. The maximum atomic E-state index is 13.6. The van der Waals surface area contributed by atoms with Crippen molar-refractivity contribution in [1.29, 1.82) is 0 Å². The van der Waals surface area contributed by atoms with Crippen molar-refractivity contribution in [2.45, 2.75) is 13.8 Å². The number of imide groups is 1. The zero-order chi connectivity index (χ0) is 23.6. The zero-order valence-corrected chi connectivity index (χ0v) is 21.2. The summed E-state index contributed by atoms with van der Waals surface area (Å²) in [6, 6.07) is 24.8. The fourth-order valence-corrected chi connectivity index (χ4v) is 6.24. The first kappa shape index (κ1) is 21.5. The van der Waals surface area contributed by atoms with Gasteiger partial charge in [-0.2, -0.15) is 0 Å². The van der Waals surface area contributed by atoms with E-state index in [0.29, 0.717) is 5.69 Å². The number of fused-ring (bicyclic) bond motifs is 5. The lowest BCUT2D eigenvalue weighted by molar-refractivity contribution is -0.122. The van der Waals surface area contributed by atoms with E-state index in [2.05, 4.69) is 97.1 Å². The molecular formula is C30H24INO2. The van der Waals surface area contributed by atoms with Gasteiger partial charge in [0.25, 0.3) is 0 Å². The minimum Gasteiger partial charge on any atom is -0.274 e. The average Bonchev–Trinajstić information content (AvgIpc) is 3.47. The summed E-state index contributed by atoms with van der Waals surface area (Å²) in [7, 11) is 0. The second-order valence-electron chi connectivity index (χ2n) is 9.54. The van der Waals surface area contributed by atoms with Gasteiger partial charge in [0.1, 0.15) is 0 Å². The first-order chi connectivity index (χ1) is 16.4. The summed E-state index contributed by atoms with van der Waals surface area (Å²) in [6.45, 7) is 4.18. The van der Waals surface area contributed by atoms with Gasteiger partial charge < -0.3 is 0 Å². The van der Waals surface area contributed by atoms with Crippen molar-refractivity contribution in [3.8, 4) is 0 Å². The first-order valence-corrected chi connectivity index (χ1v) is 12.7. The number of hydrogen-bond donors (Lipinski definition) is 0. The van der Waals surface area contributed by atoms with Gasteiger partial charge in [-0.3, -0.25) is 9.59 Å². The SMILES string of the molecule is Cc1ccc(C(=C2[C@H]3C=C[C@H]2[C@H]2C(=O)N(c4ccc(I)cc4)C(=O)[C@@H]23)c2ccc(C)cc2)cc1. The van der Waals surface area contributed by atoms with E-state index in [0.717, 1.165) is 20.3 Å². The topological polar surface area (TPSA) is 37.4 Å². The van der Waals surface area contributed by atoms with Crippen molar-refractivity contribution in [1.82, 2.24) is 0 Å². The number of rotatable bonds is 3. The molecule has 6 rings (SSSR count). The Balaban J connectivity index is 1.48. The summed E-state index contributed by atoms with van der Waals surface area (Å²) in [5, 5.41) is 0. The molecule has 0 radical (unpaired) electrons.